The van der Waals surface area contributed by atoms with Crippen LogP contribution in [0.25, 0.3) is 11.0 Å². The Balaban J connectivity index is 2.54. The number of nitrogens with one attached hydrogen (secondary N) is 1. The molecule has 0 fully saturated rings. The molecule has 1 N–H and O–H groups in total. The Morgan fingerprint density at radius 1 is 1.39 bits per heavy atom. The number of nitrogens with zero attached hydrogens (tertiary/aromatic N) is 1. The Bertz CT molecular complexity index is 629. The highest BCUT2D eigenvalue weighted by Gasteiger charge is 2.41. The van der Waals surface area contributed by atoms with Crippen molar-refractivity contribution in [3.63, 3.8) is 0 Å². The molecule has 0 atom stereocenters. The van der Waals surface area contributed by atoms with Crippen LogP contribution in [0.2, 0.25) is 0 Å². The molecule has 0 saturated carbocycles. The summed E-state index contributed by atoms with van der Waals surface area (Å²) in [5.41, 5.74) is 1.79. The van der Waals surface area contributed by atoms with Crippen LogP contribution >= 0.6 is 12.2 Å². The van der Waals surface area contributed by atoms with Crippen LogP contribution in [0.1, 0.15) is 5.56 Å². The summed E-state index contributed by atoms with van der Waals surface area (Å²) in [5.74, 6) is -4.10. The lowest BCUT2D eigenvalue weighted by Crippen LogP contribution is -2.32. The standard InChI is InChI=1S/C11H10F4N2S/c1-6-2-3-7-8(4-6)17(10(18)16-7)5-11(14,15)9(12)13/h2-4,9H,5H2,1H3,(H,16,18). The minimum atomic E-state index is -4.10. The summed E-state index contributed by atoms with van der Waals surface area (Å²) in [6, 6.07) is 5.09. The van der Waals surface area contributed by atoms with Crippen LogP contribution in [0, 0.1) is 11.7 Å². The first kappa shape index (κ1) is 13.1. The van der Waals surface area contributed by atoms with Crippen LogP contribution in [0.5, 0.6) is 0 Å². The fraction of sp³-hybridized carbons (Fsp3) is 0.364. The van der Waals surface area contributed by atoms with Gasteiger partial charge in [-0.25, -0.2) is 8.78 Å². The van der Waals surface area contributed by atoms with Crippen molar-refractivity contribution < 1.29 is 17.6 Å². The van der Waals surface area contributed by atoms with E-state index in [1.807, 2.05) is 0 Å². The molecule has 0 aliphatic rings. The molecular weight excluding hydrogens is 268 g/mol. The third-order valence-corrected chi connectivity index (χ3v) is 2.94. The van der Waals surface area contributed by atoms with Gasteiger partial charge in [-0.05, 0) is 36.8 Å². The van der Waals surface area contributed by atoms with Crippen molar-refractivity contribution in [3.8, 4) is 0 Å². The highest BCUT2D eigenvalue weighted by molar-refractivity contribution is 7.71. The first-order valence-electron chi connectivity index (χ1n) is 5.16. The largest absolute Gasteiger partial charge is 0.331 e. The summed E-state index contributed by atoms with van der Waals surface area (Å²) < 4.78 is 51.6. The summed E-state index contributed by atoms with van der Waals surface area (Å²) in [6.07, 6.45) is -3.71. The van der Waals surface area contributed by atoms with Gasteiger partial charge in [0.1, 0.15) is 0 Å². The van der Waals surface area contributed by atoms with Crippen LogP contribution in [0.3, 0.4) is 0 Å². The van der Waals surface area contributed by atoms with Gasteiger partial charge in [-0.2, -0.15) is 8.78 Å². The van der Waals surface area contributed by atoms with Crippen molar-refractivity contribution >= 4 is 23.3 Å². The highest BCUT2D eigenvalue weighted by atomic mass is 32.1. The van der Waals surface area contributed by atoms with Crippen LogP contribution < -0.4 is 0 Å². The first-order chi connectivity index (χ1) is 8.31. The zero-order valence-corrected chi connectivity index (χ0v) is 10.2. The van der Waals surface area contributed by atoms with Gasteiger partial charge in [-0.3, -0.25) is 0 Å². The zero-order chi connectivity index (χ0) is 13.5. The molecule has 0 unspecified atom stereocenters. The third-order valence-electron chi connectivity index (χ3n) is 2.62. The monoisotopic (exact) mass is 278 g/mol. The van der Waals surface area contributed by atoms with Gasteiger partial charge in [0.05, 0.1) is 17.6 Å². The molecule has 0 bridgehead atoms. The second-order valence-electron chi connectivity index (χ2n) is 4.10. The SMILES string of the molecule is Cc1ccc2[nH]c(=S)n(CC(F)(F)C(F)F)c2c1. The second-order valence-corrected chi connectivity index (χ2v) is 4.49. The number of aryl methyl sites for hydroxylation is 1. The molecule has 0 radical (unpaired) electrons. The van der Waals surface area contributed by atoms with E-state index in [-0.39, 0.29) is 4.77 Å². The van der Waals surface area contributed by atoms with Crippen LogP contribution in [-0.2, 0) is 6.54 Å². The molecule has 7 heteroatoms. The van der Waals surface area contributed by atoms with Crippen LogP contribution in [0.4, 0.5) is 17.6 Å². The summed E-state index contributed by atoms with van der Waals surface area (Å²) >= 11 is 4.88. The van der Waals surface area contributed by atoms with Crippen molar-refractivity contribution in [1.29, 1.82) is 0 Å². The van der Waals surface area contributed by atoms with E-state index in [1.54, 1.807) is 25.1 Å². The van der Waals surface area contributed by atoms with E-state index in [2.05, 4.69) is 4.98 Å². The normalized spacial score (nSPS) is 12.6. The number of imidazole rings is 1. The molecular formula is C11H10F4N2S. The number of H-pyrrole nitrogens is 1. The molecule has 98 valence electrons. The lowest BCUT2D eigenvalue weighted by Gasteiger charge is -2.16. The number of hydrogen-bond acceptors (Lipinski definition) is 1. The Kier molecular flexibility index (Phi) is 3.18. The van der Waals surface area contributed by atoms with Gasteiger partial charge in [0.15, 0.2) is 4.77 Å². The topological polar surface area (TPSA) is 20.7 Å². The smallest absolute Gasteiger partial charge is 0.324 e. The van der Waals surface area contributed by atoms with Gasteiger partial charge < -0.3 is 9.55 Å². The number of aromatic amines is 1. The number of aromatic nitrogens is 2. The highest BCUT2D eigenvalue weighted by Crippen LogP contribution is 2.27. The second kappa shape index (κ2) is 4.38. The fourth-order valence-corrected chi connectivity index (χ4v) is 1.97. The van der Waals surface area contributed by atoms with Gasteiger partial charge >= 0.3 is 12.3 Å². The maximum absolute atomic E-state index is 13.1. The number of benzene rings is 1. The number of halogens is 4. The summed E-state index contributed by atoms with van der Waals surface area (Å²) in [6.45, 7) is 0.651. The van der Waals surface area contributed by atoms with Crippen LogP contribution in [-0.4, -0.2) is 21.9 Å². The molecule has 1 aromatic carbocycles. The molecule has 2 aromatic rings. The Morgan fingerprint density at radius 2 is 2.06 bits per heavy atom. The van der Waals surface area contributed by atoms with E-state index in [1.165, 1.54) is 0 Å². The van der Waals surface area contributed by atoms with Crippen molar-refractivity contribution in [2.75, 3.05) is 0 Å². The Labute approximate surface area is 105 Å². The molecule has 1 aromatic heterocycles. The molecule has 0 spiro atoms. The van der Waals surface area contributed by atoms with Crippen molar-refractivity contribution in [2.45, 2.75) is 25.8 Å². The van der Waals surface area contributed by atoms with E-state index in [0.717, 1.165) is 10.1 Å². The number of rotatable bonds is 3. The third kappa shape index (κ3) is 2.27. The minimum absolute atomic E-state index is 0.0101. The van der Waals surface area contributed by atoms with E-state index < -0.39 is 18.9 Å². The lowest BCUT2D eigenvalue weighted by atomic mass is 10.2. The quantitative estimate of drug-likeness (QED) is 0.667. The summed E-state index contributed by atoms with van der Waals surface area (Å²) in [7, 11) is 0. The average molecular weight is 278 g/mol. The molecule has 2 nitrogen and oxygen atoms in total. The van der Waals surface area contributed by atoms with Gasteiger partial charge in [0.25, 0.3) is 0 Å². The zero-order valence-electron chi connectivity index (χ0n) is 9.38. The maximum atomic E-state index is 13.1. The molecule has 1 heterocycles. The number of hydrogen-bond donors (Lipinski definition) is 1. The van der Waals surface area contributed by atoms with E-state index >= 15 is 0 Å². The first-order valence-corrected chi connectivity index (χ1v) is 5.57. The van der Waals surface area contributed by atoms with Gasteiger partial charge in [0, 0.05) is 0 Å². The lowest BCUT2D eigenvalue weighted by molar-refractivity contribution is -0.137. The maximum Gasteiger partial charge on any atom is 0.324 e. The Hall–Kier alpha value is -1.37. The van der Waals surface area contributed by atoms with Crippen LogP contribution in [0.15, 0.2) is 18.2 Å². The molecule has 0 amide bonds. The van der Waals surface area contributed by atoms with E-state index in [0.29, 0.717) is 11.0 Å². The van der Waals surface area contributed by atoms with Crippen molar-refractivity contribution in [2.24, 2.45) is 0 Å². The number of alkyl halides is 4. The van der Waals surface area contributed by atoms with Crippen molar-refractivity contribution in [3.05, 3.63) is 28.5 Å². The van der Waals surface area contributed by atoms with E-state index in [4.69, 9.17) is 12.2 Å². The fourth-order valence-electron chi connectivity index (χ4n) is 1.70. The predicted octanol–water partition coefficient (Wildman–Crippen LogP) is 3.91. The summed E-state index contributed by atoms with van der Waals surface area (Å²) in [4.78, 5) is 2.72. The molecule has 0 aliphatic carbocycles. The molecule has 0 saturated heterocycles. The predicted molar refractivity (Wildman–Crippen MR) is 62.8 cm³/mol. The molecule has 2 rings (SSSR count). The number of fused-ring (bicyclic) bond motifs is 1. The average Bonchev–Trinajstić information content (AvgIpc) is 2.55. The van der Waals surface area contributed by atoms with Crippen molar-refractivity contribution in [1.82, 2.24) is 9.55 Å². The van der Waals surface area contributed by atoms with Gasteiger partial charge in [-0.15, -0.1) is 0 Å². The van der Waals surface area contributed by atoms with E-state index in [9.17, 15) is 17.6 Å². The molecule has 0 aliphatic heterocycles. The summed E-state index contributed by atoms with van der Waals surface area (Å²) in [5, 5.41) is 0. The minimum Gasteiger partial charge on any atom is -0.331 e. The van der Waals surface area contributed by atoms with Gasteiger partial charge in [0.2, 0.25) is 0 Å². The Morgan fingerprint density at radius 3 is 2.67 bits per heavy atom. The van der Waals surface area contributed by atoms with Gasteiger partial charge in [-0.1, -0.05) is 6.07 Å². The molecule has 18 heavy (non-hydrogen) atoms.